The number of hydrogen-bond donors (Lipinski definition) is 1. The average molecular weight is 502 g/mol. The first-order valence-electron chi connectivity index (χ1n) is 11.8. The third-order valence-corrected chi connectivity index (χ3v) is 6.92. The van der Waals surface area contributed by atoms with E-state index in [9.17, 15) is 18.0 Å². The second kappa shape index (κ2) is 9.25. The van der Waals surface area contributed by atoms with Gasteiger partial charge in [-0.3, -0.25) is 9.36 Å². The predicted molar refractivity (Wildman–Crippen MR) is 137 cm³/mol. The Morgan fingerprint density at radius 2 is 1.86 bits per heavy atom. The number of amides is 1. The van der Waals surface area contributed by atoms with Gasteiger partial charge in [-0.2, -0.15) is 13.2 Å². The lowest BCUT2D eigenvalue weighted by Gasteiger charge is -2.39. The molecule has 0 aliphatic heterocycles. The molecule has 3 aromatic rings. The Labute approximate surface area is 211 Å². The molecular weight excluding hydrogens is 477 g/mol. The normalized spacial score (nSPS) is 22.9. The van der Waals surface area contributed by atoms with Crippen molar-refractivity contribution in [1.82, 2.24) is 9.55 Å². The number of halogens is 3. The lowest BCUT2D eigenvalue weighted by molar-refractivity contribution is -0.176. The number of rotatable bonds is 4. The maximum atomic E-state index is 14.9. The molecule has 186 valence electrons. The van der Waals surface area contributed by atoms with Crippen LogP contribution in [-0.4, -0.2) is 28.2 Å². The molecule has 2 unspecified atom stereocenters. The number of benzene rings is 2. The van der Waals surface area contributed by atoms with Crippen molar-refractivity contribution in [3.8, 4) is 11.8 Å². The summed E-state index contributed by atoms with van der Waals surface area (Å²) in [4.78, 5) is 19.6. The lowest BCUT2D eigenvalue weighted by Crippen LogP contribution is -2.43. The Kier molecular flexibility index (Phi) is 6.08. The van der Waals surface area contributed by atoms with Crippen molar-refractivity contribution < 1.29 is 18.0 Å². The van der Waals surface area contributed by atoms with Crippen LogP contribution in [0, 0.1) is 11.5 Å². The number of fused-ring (bicyclic) bond motifs is 1. The number of nitrogens with two attached hydrogens (primary N) is 1. The van der Waals surface area contributed by atoms with Crippen LogP contribution in [0.15, 0.2) is 103 Å². The summed E-state index contributed by atoms with van der Waals surface area (Å²) in [7, 11) is 0. The first-order valence-corrected chi connectivity index (χ1v) is 11.8. The van der Waals surface area contributed by atoms with Crippen LogP contribution in [0.3, 0.4) is 0 Å². The molecule has 0 saturated heterocycles. The Hall–Kier alpha value is -4.38. The van der Waals surface area contributed by atoms with Gasteiger partial charge in [0.1, 0.15) is 17.2 Å². The molecule has 1 heterocycles. The van der Waals surface area contributed by atoms with Gasteiger partial charge in [0.15, 0.2) is 0 Å². The SMILES string of the molecule is NC(=O)C[N+]#CC1(C2=CC=CC(c3ccc(-n4cnc5ccccc54)cc3)(C(F)(F)F)C2)C=CC=CC1. The Morgan fingerprint density at radius 3 is 2.57 bits per heavy atom. The van der Waals surface area contributed by atoms with Crippen molar-refractivity contribution >= 4 is 16.9 Å². The molecule has 0 fully saturated rings. The van der Waals surface area contributed by atoms with Crippen molar-refractivity contribution in [2.75, 3.05) is 6.54 Å². The van der Waals surface area contributed by atoms with Crippen LogP contribution in [0.2, 0.25) is 0 Å². The number of aromatic nitrogens is 2. The molecule has 0 spiro atoms. The number of alkyl halides is 3. The van der Waals surface area contributed by atoms with E-state index in [2.05, 4.69) is 15.9 Å². The van der Waals surface area contributed by atoms with E-state index in [4.69, 9.17) is 5.73 Å². The van der Waals surface area contributed by atoms with Gasteiger partial charge in [-0.1, -0.05) is 71.6 Å². The highest BCUT2D eigenvalue weighted by Crippen LogP contribution is 2.52. The molecule has 8 heteroatoms. The van der Waals surface area contributed by atoms with Gasteiger partial charge in [0.05, 0.1) is 11.0 Å². The number of nitrogens with zero attached hydrogens (tertiary/aromatic N) is 3. The summed E-state index contributed by atoms with van der Waals surface area (Å²) in [6.45, 7) is -0.281. The van der Waals surface area contributed by atoms with E-state index in [0.717, 1.165) is 11.0 Å². The molecule has 2 aliphatic rings. The van der Waals surface area contributed by atoms with Crippen LogP contribution >= 0.6 is 0 Å². The van der Waals surface area contributed by atoms with Crippen molar-refractivity contribution in [3.05, 3.63) is 113 Å². The first kappa shape index (κ1) is 24.3. The fourth-order valence-corrected chi connectivity index (χ4v) is 4.97. The smallest absolute Gasteiger partial charge is 0.363 e. The van der Waals surface area contributed by atoms with Crippen LogP contribution in [-0.2, 0) is 10.2 Å². The monoisotopic (exact) mass is 501 g/mol. The predicted octanol–water partition coefficient (Wildman–Crippen LogP) is 6.03. The molecule has 0 bridgehead atoms. The van der Waals surface area contributed by atoms with E-state index in [-0.39, 0.29) is 18.5 Å². The van der Waals surface area contributed by atoms with E-state index in [1.807, 2.05) is 41.0 Å². The fourth-order valence-electron chi connectivity index (χ4n) is 4.97. The number of imidazole rings is 1. The minimum atomic E-state index is -4.56. The first-order chi connectivity index (χ1) is 17.7. The summed E-state index contributed by atoms with van der Waals surface area (Å²) in [5.74, 6) is -0.633. The zero-order valence-corrected chi connectivity index (χ0v) is 19.8. The van der Waals surface area contributed by atoms with Crippen LogP contribution < -0.4 is 5.73 Å². The topological polar surface area (TPSA) is 65.3 Å². The summed E-state index contributed by atoms with van der Waals surface area (Å²) in [5, 5.41) is 0. The minimum absolute atomic E-state index is 0.134. The highest BCUT2D eigenvalue weighted by Gasteiger charge is 2.57. The van der Waals surface area contributed by atoms with E-state index in [0.29, 0.717) is 17.7 Å². The Balaban J connectivity index is 1.53. The lowest BCUT2D eigenvalue weighted by atomic mass is 9.64. The second-order valence-electron chi connectivity index (χ2n) is 9.20. The van der Waals surface area contributed by atoms with Crippen LogP contribution in [0.25, 0.3) is 21.6 Å². The zero-order chi connectivity index (χ0) is 26.1. The molecule has 2 atom stereocenters. The maximum absolute atomic E-state index is 14.9. The summed E-state index contributed by atoms with van der Waals surface area (Å²) in [5.41, 5.74) is 4.99. The average Bonchev–Trinajstić information content (AvgIpc) is 3.33. The quantitative estimate of drug-likeness (QED) is 0.474. The zero-order valence-electron chi connectivity index (χ0n) is 19.8. The van der Waals surface area contributed by atoms with Crippen molar-refractivity contribution in [2.45, 2.75) is 24.4 Å². The standard InChI is InChI=1S/C29H23F3N4O/c30-29(31,32)28(21-10-12-23(13-11-21)36-20-35-24-8-2-3-9-25(24)36)16-6-7-22(17-28)27(14-4-1-5-15-27)19-34-18-26(33)37/h1-14,16,20H,15,17-18H2,(H-,33,37)/p+1. The molecule has 2 N–H and O–H groups in total. The Bertz CT molecular complexity index is 1530. The van der Waals surface area contributed by atoms with E-state index >= 15 is 0 Å². The van der Waals surface area contributed by atoms with Gasteiger partial charge in [0, 0.05) is 5.69 Å². The molecule has 2 aliphatic carbocycles. The van der Waals surface area contributed by atoms with Gasteiger partial charge in [-0.15, -0.1) is 0 Å². The summed E-state index contributed by atoms with van der Waals surface area (Å²) in [6, 6.07) is 16.9. The molecule has 1 amide bonds. The summed E-state index contributed by atoms with van der Waals surface area (Å²) in [6.07, 6.45) is 8.73. The molecule has 1 aromatic heterocycles. The number of hydrogen-bond acceptors (Lipinski definition) is 2. The Morgan fingerprint density at radius 1 is 1.08 bits per heavy atom. The number of primary amides is 1. The minimum Gasteiger partial charge on any atom is -0.363 e. The largest absolute Gasteiger partial charge is 0.402 e. The third-order valence-electron chi connectivity index (χ3n) is 6.92. The fraction of sp³-hybridized carbons (Fsp3) is 0.207. The molecule has 37 heavy (non-hydrogen) atoms. The second-order valence-corrected chi connectivity index (χ2v) is 9.20. The van der Waals surface area contributed by atoms with Gasteiger partial charge in [0.25, 0.3) is 6.07 Å². The van der Waals surface area contributed by atoms with Crippen molar-refractivity contribution in [3.63, 3.8) is 0 Å². The highest BCUT2D eigenvalue weighted by atomic mass is 19.4. The van der Waals surface area contributed by atoms with Gasteiger partial charge in [0.2, 0.25) is 0 Å². The van der Waals surface area contributed by atoms with E-state index < -0.39 is 22.9 Å². The van der Waals surface area contributed by atoms with Crippen molar-refractivity contribution in [2.24, 2.45) is 11.1 Å². The number of para-hydroxylation sites is 2. The molecule has 2 aromatic carbocycles. The molecule has 0 radical (unpaired) electrons. The highest BCUT2D eigenvalue weighted by molar-refractivity contribution is 5.78. The van der Waals surface area contributed by atoms with Gasteiger partial charge in [-0.05, 0) is 48.2 Å². The molecule has 0 saturated carbocycles. The molecule has 5 rings (SSSR count). The van der Waals surface area contributed by atoms with E-state index in [1.165, 1.54) is 24.3 Å². The maximum Gasteiger partial charge on any atom is 0.402 e. The number of allylic oxidation sites excluding steroid dienone is 8. The van der Waals surface area contributed by atoms with Gasteiger partial charge < -0.3 is 5.73 Å². The number of carbonyl (C=O) groups is 1. The van der Waals surface area contributed by atoms with Crippen LogP contribution in [0.1, 0.15) is 18.4 Å². The van der Waals surface area contributed by atoms with Crippen LogP contribution in [0.4, 0.5) is 13.2 Å². The molecule has 5 nitrogen and oxygen atoms in total. The van der Waals surface area contributed by atoms with Crippen molar-refractivity contribution in [1.29, 1.82) is 0 Å². The van der Waals surface area contributed by atoms with Crippen LogP contribution in [0.5, 0.6) is 0 Å². The molecular formula is C29H24F3N4O+. The van der Waals surface area contributed by atoms with Gasteiger partial charge in [-0.25, -0.2) is 4.98 Å². The van der Waals surface area contributed by atoms with E-state index in [1.54, 1.807) is 36.7 Å². The summed E-state index contributed by atoms with van der Waals surface area (Å²) < 4.78 is 46.4. The third kappa shape index (κ3) is 4.38. The number of carbonyl (C=O) groups excluding carboxylic acids is 1. The van der Waals surface area contributed by atoms with Gasteiger partial charge >= 0.3 is 18.6 Å². The summed E-state index contributed by atoms with van der Waals surface area (Å²) >= 11 is 0.